The number of methoxy groups -OCH3 is 1. The van der Waals surface area contributed by atoms with E-state index in [1.165, 1.54) is 6.07 Å². The first kappa shape index (κ1) is 23.6. The highest BCUT2D eigenvalue weighted by atomic mass is 19.1. The smallest absolute Gasteiger partial charge is 0.272 e. The number of ether oxygens (including phenoxy) is 1. The normalized spacial score (nSPS) is 13.7. The number of aromatic nitrogens is 2. The monoisotopic (exact) mass is 484 g/mol. The molecule has 4 aromatic rings. The lowest BCUT2D eigenvalue weighted by molar-refractivity contribution is 0.0737. The van der Waals surface area contributed by atoms with Crippen LogP contribution in [0.2, 0.25) is 0 Å². The van der Waals surface area contributed by atoms with E-state index in [-0.39, 0.29) is 11.7 Å². The summed E-state index contributed by atoms with van der Waals surface area (Å²) in [5.41, 5.74) is 5.11. The first-order chi connectivity index (χ1) is 17.5. The third-order valence-electron chi connectivity index (χ3n) is 6.66. The minimum atomic E-state index is -0.368. The van der Waals surface area contributed by atoms with Crippen molar-refractivity contribution in [2.45, 2.75) is 13.8 Å². The highest BCUT2D eigenvalue weighted by Crippen LogP contribution is 2.30. The van der Waals surface area contributed by atoms with E-state index in [4.69, 9.17) is 9.84 Å². The summed E-state index contributed by atoms with van der Waals surface area (Å²) < 4.78 is 21.8. The third kappa shape index (κ3) is 4.44. The Morgan fingerprint density at radius 2 is 1.61 bits per heavy atom. The number of benzene rings is 3. The molecule has 0 saturated carbocycles. The summed E-state index contributed by atoms with van der Waals surface area (Å²) in [4.78, 5) is 17.9. The molecule has 0 aliphatic carbocycles. The second kappa shape index (κ2) is 9.85. The lowest BCUT2D eigenvalue weighted by Gasteiger charge is -2.36. The molecule has 184 valence electrons. The number of piperazine rings is 1. The van der Waals surface area contributed by atoms with Gasteiger partial charge in [-0.05, 0) is 61.4 Å². The van der Waals surface area contributed by atoms with Crippen LogP contribution in [0.5, 0.6) is 5.75 Å². The Labute approximate surface area is 210 Å². The number of anilines is 1. The SMILES string of the molecule is COc1ccccc1N1CCN(C(=O)c2cc(-c3ccccc3F)nn2-c2cc(C)ccc2C)CC1. The van der Waals surface area contributed by atoms with Crippen molar-refractivity contribution in [1.82, 2.24) is 14.7 Å². The molecule has 2 heterocycles. The van der Waals surface area contributed by atoms with Crippen LogP contribution in [-0.2, 0) is 0 Å². The molecule has 0 radical (unpaired) electrons. The lowest BCUT2D eigenvalue weighted by Crippen LogP contribution is -2.49. The number of carbonyl (C=O) groups excluding carboxylic acids is 1. The molecule has 1 amide bonds. The molecule has 1 saturated heterocycles. The molecule has 1 fully saturated rings. The van der Waals surface area contributed by atoms with Gasteiger partial charge in [0.15, 0.2) is 0 Å². The molecular weight excluding hydrogens is 455 g/mol. The molecule has 0 spiro atoms. The Morgan fingerprint density at radius 3 is 2.36 bits per heavy atom. The summed E-state index contributed by atoms with van der Waals surface area (Å²) >= 11 is 0. The zero-order valence-electron chi connectivity index (χ0n) is 20.7. The number of nitrogens with zero attached hydrogens (tertiary/aromatic N) is 4. The molecule has 0 bridgehead atoms. The van der Waals surface area contributed by atoms with Crippen molar-refractivity contribution < 1.29 is 13.9 Å². The molecule has 0 unspecified atom stereocenters. The second-order valence-corrected chi connectivity index (χ2v) is 9.05. The fourth-order valence-electron chi connectivity index (χ4n) is 4.67. The van der Waals surface area contributed by atoms with Crippen LogP contribution in [0.1, 0.15) is 21.6 Å². The first-order valence-electron chi connectivity index (χ1n) is 12.1. The molecule has 3 aromatic carbocycles. The zero-order valence-corrected chi connectivity index (χ0v) is 20.7. The number of hydrogen-bond acceptors (Lipinski definition) is 4. The Balaban J connectivity index is 1.47. The predicted molar refractivity (Wildman–Crippen MR) is 140 cm³/mol. The standard InChI is InChI=1S/C29H29FN4O2/c1-20-12-13-21(2)26(18-20)34-27(19-24(31-34)22-8-4-5-9-23(22)30)29(35)33-16-14-32(15-17-33)25-10-6-7-11-28(25)36-3/h4-13,18-19H,14-17H2,1-3H3. The number of carbonyl (C=O) groups is 1. The summed E-state index contributed by atoms with van der Waals surface area (Å²) in [5.74, 6) is 0.331. The van der Waals surface area contributed by atoms with Gasteiger partial charge in [-0.3, -0.25) is 4.79 Å². The number of amides is 1. The van der Waals surface area contributed by atoms with Crippen molar-refractivity contribution in [1.29, 1.82) is 0 Å². The number of para-hydroxylation sites is 2. The number of rotatable bonds is 5. The van der Waals surface area contributed by atoms with Crippen molar-refractivity contribution in [3.63, 3.8) is 0 Å². The molecule has 1 aromatic heterocycles. The maximum absolute atomic E-state index is 14.6. The third-order valence-corrected chi connectivity index (χ3v) is 6.66. The van der Waals surface area contributed by atoms with Crippen LogP contribution >= 0.6 is 0 Å². The van der Waals surface area contributed by atoms with E-state index in [9.17, 15) is 9.18 Å². The molecule has 1 aliphatic heterocycles. The van der Waals surface area contributed by atoms with Crippen molar-refractivity contribution in [2.75, 3.05) is 38.2 Å². The second-order valence-electron chi connectivity index (χ2n) is 9.05. The molecule has 36 heavy (non-hydrogen) atoms. The Morgan fingerprint density at radius 1 is 0.889 bits per heavy atom. The highest BCUT2D eigenvalue weighted by molar-refractivity contribution is 5.94. The summed E-state index contributed by atoms with van der Waals surface area (Å²) in [7, 11) is 1.67. The molecule has 0 N–H and O–H groups in total. The first-order valence-corrected chi connectivity index (χ1v) is 12.1. The largest absolute Gasteiger partial charge is 0.495 e. The van der Waals surface area contributed by atoms with Gasteiger partial charge in [-0.1, -0.05) is 36.4 Å². The van der Waals surface area contributed by atoms with Crippen LogP contribution in [0.25, 0.3) is 16.9 Å². The highest BCUT2D eigenvalue weighted by Gasteiger charge is 2.28. The van der Waals surface area contributed by atoms with Gasteiger partial charge in [-0.25, -0.2) is 9.07 Å². The topological polar surface area (TPSA) is 50.6 Å². The minimum Gasteiger partial charge on any atom is -0.495 e. The fraction of sp³-hybridized carbons (Fsp3) is 0.241. The van der Waals surface area contributed by atoms with Gasteiger partial charge >= 0.3 is 0 Å². The van der Waals surface area contributed by atoms with Gasteiger partial charge in [-0.2, -0.15) is 5.10 Å². The van der Waals surface area contributed by atoms with Crippen LogP contribution in [0.15, 0.2) is 72.8 Å². The van der Waals surface area contributed by atoms with Crippen LogP contribution in [-0.4, -0.2) is 53.9 Å². The van der Waals surface area contributed by atoms with Gasteiger partial charge in [0.2, 0.25) is 0 Å². The van der Waals surface area contributed by atoms with Crippen LogP contribution < -0.4 is 9.64 Å². The van der Waals surface area contributed by atoms with E-state index in [0.29, 0.717) is 43.1 Å². The van der Waals surface area contributed by atoms with Crippen molar-refractivity contribution in [3.05, 3.63) is 95.4 Å². The lowest BCUT2D eigenvalue weighted by atomic mass is 10.1. The average Bonchev–Trinajstić information content (AvgIpc) is 3.35. The van der Waals surface area contributed by atoms with E-state index in [0.717, 1.165) is 28.3 Å². The van der Waals surface area contributed by atoms with Crippen LogP contribution in [0.3, 0.4) is 0 Å². The molecule has 7 heteroatoms. The van der Waals surface area contributed by atoms with Crippen molar-refractivity contribution in [2.24, 2.45) is 0 Å². The van der Waals surface area contributed by atoms with Gasteiger partial charge in [-0.15, -0.1) is 0 Å². The summed E-state index contributed by atoms with van der Waals surface area (Å²) in [6.45, 7) is 6.48. The Hall–Kier alpha value is -4.13. The van der Waals surface area contributed by atoms with Gasteiger partial charge in [0, 0.05) is 31.7 Å². The molecule has 5 rings (SSSR count). The quantitative estimate of drug-likeness (QED) is 0.388. The van der Waals surface area contributed by atoms with E-state index in [1.54, 1.807) is 36.1 Å². The Bertz CT molecular complexity index is 1410. The molecule has 1 aliphatic rings. The summed E-state index contributed by atoms with van der Waals surface area (Å²) in [5, 5.41) is 4.72. The van der Waals surface area contributed by atoms with E-state index in [2.05, 4.69) is 4.90 Å². The zero-order chi connectivity index (χ0) is 25.2. The van der Waals surface area contributed by atoms with E-state index < -0.39 is 0 Å². The summed E-state index contributed by atoms with van der Waals surface area (Å²) in [6.07, 6.45) is 0. The Kier molecular flexibility index (Phi) is 6.46. The van der Waals surface area contributed by atoms with E-state index >= 15 is 0 Å². The van der Waals surface area contributed by atoms with Gasteiger partial charge in [0.1, 0.15) is 17.3 Å². The summed E-state index contributed by atoms with van der Waals surface area (Å²) in [6, 6.07) is 22.2. The number of aryl methyl sites for hydroxylation is 2. The van der Waals surface area contributed by atoms with Crippen molar-refractivity contribution in [3.8, 4) is 22.7 Å². The maximum atomic E-state index is 14.6. The van der Waals surface area contributed by atoms with Crippen LogP contribution in [0.4, 0.5) is 10.1 Å². The van der Waals surface area contributed by atoms with Crippen LogP contribution in [0, 0.1) is 19.7 Å². The predicted octanol–water partition coefficient (Wildman–Crippen LogP) is 5.27. The van der Waals surface area contributed by atoms with Crippen molar-refractivity contribution >= 4 is 11.6 Å². The molecule has 6 nitrogen and oxygen atoms in total. The van der Waals surface area contributed by atoms with Gasteiger partial charge in [0.25, 0.3) is 5.91 Å². The maximum Gasteiger partial charge on any atom is 0.272 e. The molecule has 0 atom stereocenters. The number of hydrogen-bond donors (Lipinski definition) is 0. The van der Waals surface area contributed by atoms with E-state index in [1.807, 2.05) is 61.2 Å². The average molecular weight is 485 g/mol. The molecular formula is C29H29FN4O2. The van der Waals surface area contributed by atoms with Gasteiger partial charge < -0.3 is 14.5 Å². The fourth-order valence-corrected chi connectivity index (χ4v) is 4.67. The number of halogens is 1. The minimum absolute atomic E-state index is 0.120. The van der Waals surface area contributed by atoms with Gasteiger partial charge in [0.05, 0.1) is 24.2 Å².